The summed E-state index contributed by atoms with van der Waals surface area (Å²) in [5.41, 5.74) is -0.658. The number of rotatable bonds is 4. The molecule has 2 nitrogen and oxygen atoms in total. The van der Waals surface area contributed by atoms with Crippen molar-refractivity contribution in [1.82, 2.24) is 5.32 Å². The smallest absolute Gasteiger partial charge is 0.381 e. The highest BCUT2D eigenvalue weighted by molar-refractivity contribution is 5.26. The Balaban J connectivity index is 2.00. The van der Waals surface area contributed by atoms with Gasteiger partial charge in [-0.25, -0.2) is 4.39 Å². The Bertz CT molecular complexity index is 455. The molecule has 1 N–H and O–H groups in total. The quantitative estimate of drug-likeness (QED) is 0.859. The summed E-state index contributed by atoms with van der Waals surface area (Å²) >= 11 is 0. The predicted octanol–water partition coefficient (Wildman–Crippen LogP) is 3.36. The lowest BCUT2D eigenvalue weighted by atomic mass is 10.0. The fourth-order valence-electron chi connectivity index (χ4n) is 2.31. The van der Waals surface area contributed by atoms with Crippen molar-refractivity contribution in [3.05, 3.63) is 35.1 Å². The molecule has 1 aliphatic rings. The minimum Gasteiger partial charge on any atom is -0.381 e. The van der Waals surface area contributed by atoms with Gasteiger partial charge in [0.25, 0.3) is 0 Å². The molecule has 0 spiro atoms. The molecule has 0 saturated carbocycles. The average Bonchev–Trinajstić information content (AvgIpc) is 2.88. The Labute approximate surface area is 115 Å². The first kappa shape index (κ1) is 15.3. The Kier molecular flexibility index (Phi) is 4.65. The summed E-state index contributed by atoms with van der Waals surface area (Å²) < 4.78 is 56.3. The molecular formula is C14H17F4NO. The minimum absolute atomic E-state index is 0.120. The van der Waals surface area contributed by atoms with Crippen LogP contribution in [0.1, 0.15) is 24.5 Å². The van der Waals surface area contributed by atoms with Gasteiger partial charge in [0, 0.05) is 19.2 Å². The zero-order valence-corrected chi connectivity index (χ0v) is 11.1. The van der Waals surface area contributed by atoms with Crippen molar-refractivity contribution in [2.75, 3.05) is 13.2 Å². The van der Waals surface area contributed by atoms with Gasteiger partial charge >= 0.3 is 6.18 Å². The maximum absolute atomic E-state index is 13.2. The zero-order valence-electron chi connectivity index (χ0n) is 11.1. The highest BCUT2D eigenvalue weighted by Crippen LogP contribution is 2.30. The van der Waals surface area contributed by atoms with Crippen molar-refractivity contribution < 1.29 is 22.3 Å². The second kappa shape index (κ2) is 6.10. The van der Waals surface area contributed by atoms with Crippen LogP contribution in [0, 0.1) is 11.7 Å². The van der Waals surface area contributed by atoms with Gasteiger partial charge in [-0.3, -0.25) is 0 Å². The lowest BCUT2D eigenvalue weighted by Gasteiger charge is -2.19. The van der Waals surface area contributed by atoms with Crippen LogP contribution in [-0.2, 0) is 17.5 Å². The zero-order chi connectivity index (χ0) is 14.8. The van der Waals surface area contributed by atoms with Gasteiger partial charge in [-0.2, -0.15) is 13.2 Å². The summed E-state index contributed by atoms with van der Waals surface area (Å²) in [5.74, 6) is -0.515. The average molecular weight is 291 g/mol. The molecule has 0 aliphatic carbocycles. The van der Waals surface area contributed by atoms with Gasteiger partial charge in [0.2, 0.25) is 0 Å². The highest BCUT2D eigenvalue weighted by atomic mass is 19.4. The number of hydrogen-bond acceptors (Lipinski definition) is 2. The molecule has 20 heavy (non-hydrogen) atoms. The number of ether oxygens (including phenoxy) is 1. The lowest BCUT2D eigenvalue weighted by Crippen LogP contribution is -2.33. The van der Waals surface area contributed by atoms with Gasteiger partial charge < -0.3 is 10.1 Å². The molecule has 1 heterocycles. The van der Waals surface area contributed by atoms with Crippen molar-refractivity contribution >= 4 is 0 Å². The number of hydrogen-bond donors (Lipinski definition) is 1. The summed E-state index contributed by atoms with van der Waals surface area (Å²) in [6.07, 6.45) is -3.59. The Morgan fingerprint density at radius 2 is 2.10 bits per heavy atom. The second-order valence-electron chi connectivity index (χ2n) is 5.14. The molecule has 1 aromatic carbocycles. The third kappa shape index (κ3) is 3.93. The summed E-state index contributed by atoms with van der Waals surface area (Å²) in [6.45, 7) is 3.54. The molecule has 0 amide bonds. The normalized spacial score (nSPS) is 21.1. The molecule has 6 heteroatoms. The largest absolute Gasteiger partial charge is 0.416 e. The van der Waals surface area contributed by atoms with Crippen LogP contribution < -0.4 is 5.32 Å². The first-order chi connectivity index (χ1) is 9.36. The van der Waals surface area contributed by atoms with E-state index in [0.717, 1.165) is 25.2 Å². The van der Waals surface area contributed by atoms with Gasteiger partial charge in [-0.15, -0.1) is 0 Å². The van der Waals surface area contributed by atoms with E-state index in [0.29, 0.717) is 24.2 Å². The third-order valence-corrected chi connectivity index (χ3v) is 3.59. The van der Waals surface area contributed by atoms with Crippen LogP contribution in [0.25, 0.3) is 0 Å². The maximum atomic E-state index is 13.2. The van der Waals surface area contributed by atoms with Gasteiger partial charge in [0.05, 0.1) is 12.2 Å². The van der Waals surface area contributed by atoms with E-state index in [9.17, 15) is 17.6 Å². The van der Waals surface area contributed by atoms with Crippen molar-refractivity contribution in [3.63, 3.8) is 0 Å². The second-order valence-corrected chi connectivity index (χ2v) is 5.14. The predicted molar refractivity (Wildman–Crippen MR) is 66.6 cm³/mol. The molecule has 0 bridgehead atoms. The van der Waals surface area contributed by atoms with Crippen molar-refractivity contribution in [2.45, 2.75) is 32.1 Å². The van der Waals surface area contributed by atoms with Gasteiger partial charge in [-0.05, 0) is 43.0 Å². The van der Waals surface area contributed by atoms with E-state index in [1.165, 1.54) is 0 Å². The fraction of sp³-hybridized carbons (Fsp3) is 0.571. The SMILES string of the molecule is CC(NCc1cc(F)cc(C(F)(F)F)c1)C1CCOC1. The minimum atomic E-state index is -4.53. The summed E-state index contributed by atoms with van der Waals surface area (Å²) in [7, 11) is 0. The van der Waals surface area contributed by atoms with Gasteiger partial charge in [0.1, 0.15) is 5.82 Å². The fourth-order valence-corrected chi connectivity index (χ4v) is 2.31. The van der Waals surface area contributed by atoms with Gasteiger partial charge in [0.15, 0.2) is 0 Å². The Morgan fingerprint density at radius 1 is 1.35 bits per heavy atom. The van der Waals surface area contributed by atoms with Crippen LogP contribution in [0.3, 0.4) is 0 Å². The first-order valence-electron chi connectivity index (χ1n) is 6.54. The molecule has 2 atom stereocenters. The molecular weight excluding hydrogens is 274 g/mol. The summed E-state index contributed by atoms with van der Waals surface area (Å²) in [6, 6.07) is 2.74. The molecule has 2 unspecified atom stereocenters. The standard InChI is InChI=1S/C14H17F4NO/c1-9(11-2-3-20-8-11)19-7-10-4-12(14(16,17)18)6-13(15)5-10/h4-6,9,11,19H,2-3,7-8H2,1H3. The van der Waals surface area contributed by atoms with Crippen LogP contribution in [0.5, 0.6) is 0 Å². The molecule has 1 aromatic rings. The van der Waals surface area contributed by atoms with Crippen molar-refractivity contribution in [1.29, 1.82) is 0 Å². The first-order valence-corrected chi connectivity index (χ1v) is 6.54. The number of benzene rings is 1. The van der Waals surface area contributed by atoms with Crippen LogP contribution in [0.15, 0.2) is 18.2 Å². The van der Waals surface area contributed by atoms with Crippen molar-refractivity contribution in [2.24, 2.45) is 5.92 Å². The van der Waals surface area contributed by atoms with Gasteiger partial charge in [-0.1, -0.05) is 0 Å². The van der Waals surface area contributed by atoms with E-state index in [1.54, 1.807) is 0 Å². The van der Waals surface area contributed by atoms with E-state index in [4.69, 9.17) is 4.74 Å². The topological polar surface area (TPSA) is 21.3 Å². The number of halogens is 4. The van der Waals surface area contributed by atoms with E-state index in [2.05, 4.69) is 5.32 Å². The monoisotopic (exact) mass is 291 g/mol. The van der Waals surface area contributed by atoms with Crippen LogP contribution in [0.4, 0.5) is 17.6 Å². The third-order valence-electron chi connectivity index (χ3n) is 3.59. The number of alkyl halides is 3. The number of nitrogens with one attached hydrogen (secondary N) is 1. The Morgan fingerprint density at radius 3 is 2.70 bits per heavy atom. The van der Waals surface area contributed by atoms with E-state index in [-0.39, 0.29) is 12.6 Å². The molecule has 1 fully saturated rings. The molecule has 112 valence electrons. The summed E-state index contributed by atoms with van der Waals surface area (Å²) in [5, 5.41) is 3.13. The molecule has 0 aromatic heterocycles. The van der Waals surface area contributed by atoms with Crippen LogP contribution in [0.2, 0.25) is 0 Å². The van der Waals surface area contributed by atoms with Crippen molar-refractivity contribution in [3.8, 4) is 0 Å². The molecule has 0 radical (unpaired) electrons. The van der Waals surface area contributed by atoms with E-state index in [1.807, 2.05) is 6.92 Å². The van der Waals surface area contributed by atoms with Crippen LogP contribution in [-0.4, -0.2) is 19.3 Å². The maximum Gasteiger partial charge on any atom is 0.416 e. The molecule has 2 rings (SSSR count). The molecule has 1 aliphatic heterocycles. The van der Waals surface area contributed by atoms with Crippen LogP contribution >= 0.6 is 0 Å². The highest BCUT2D eigenvalue weighted by Gasteiger charge is 2.31. The Hall–Kier alpha value is -1.14. The molecule has 1 saturated heterocycles. The van der Waals surface area contributed by atoms with E-state index >= 15 is 0 Å². The lowest BCUT2D eigenvalue weighted by molar-refractivity contribution is -0.137. The summed E-state index contributed by atoms with van der Waals surface area (Å²) in [4.78, 5) is 0. The van der Waals surface area contributed by atoms with E-state index < -0.39 is 17.6 Å².